The summed E-state index contributed by atoms with van der Waals surface area (Å²) in [6.45, 7) is 4.17. The zero-order valence-corrected chi connectivity index (χ0v) is 18.8. The van der Waals surface area contributed by atoms with Gasteiger partial charge in [0.1, 0.15) is 0 Å². The zero-order valence-electron chi connectivity index (χ0n) is 17.3. The minimum Gasteiger partial charge on any atom is -0.391 e. The molecule has 0 aromatic heterocycles. The van der Waals surface area contributed by atoms with Crippen LogP contribution >= 0.6 is 24.0 Å². The molecular formula is C23H34Cl2N2O2. The molecule has 4 aliphatic carbocycles. The van der Waals surface area contributed by atoms with E-state index in [1.54, 1.807) is 6.07 Å². The van der Waals surface area contributed by atoms with Crippen molar-refractivity contribution in [3.63, 3.8) is 0 Å². The van der Waals surface area contributed by atoms with Gasteiger partial charge in [-0.1, -0.05) is 24.6 Å². The molecule has 4 nitrogen and oxygen atoms in total. The molecule has 3 N–H and O–H groups in total. The highest BCUT2D eigenvalue weighted by Crippen LogP contribution is 2.59. The van der Waals surface area contributed by atoms with Crippen LogP contribution in [0.15, 0.2) is 18.2 Å². The topological polar surface area (TPSA) is 61.4 Å². The molecule has 5 rings (SSSR count). The van der Waals surface area contributed by atoms with Crippen molar-refractivity contribution < 1.29 is 9.90 Å². The average Bonchev–Trinajstić information content (AvgIpc) is 2.65. The Morgan fingerprint density at radius 3 is 2.41 bits per heavy atom. The Morgan fingerprint density at radius 1 is 1.21 bits per heavy atom. The number of rotatable bonds is 8. The van der Waals surface area contributed by atoms with Gasteiger partial charge in [-0.05, 0) is 92.4 Å². The van der Waals surface area contributed by atoms with E-state index in [2.05, 4.69) is 10.6 Å². The molecule has 1 aromatic rings. The van der Waals surface area contributed by atoms with Crippen molar-refractivity contribution >= 4 is 29.9 Å². The second-order valence-corrected chi connectivity index (χ2v) is 9.99. The summed E-state index contributed by atoms with van der Waals surface area (Å²) in [6.07, 6.45) is 8.13. The average molecular weight is 441 g/mol. The van der Waals surface area contributed by atoms with E-state index in [0.717, 1.165) is 36.4 Å². The van der Waals surface area contributed by atoms with Gasteiger partial charge in [-0.25, -0.2) is 0 Å². The Balaban J connectivity index is 0.00000240. The second-order valence-electron chi connectivity index (χ2n) is 9.58. The number of carbonyl (C=O) groups is 1. The molecule has 4 saturated carbocycles. The predicted molar refractivity (Wildman–Crippen MR) is 120 cm³/mol. The third kappa shape index (κ3) is 5.28. The van der Waals surface area contributed by atoms with Gasteiger partial charge in [-0.3, -0.25) is 4.79 Å². The molecule has 0 unspecified atom stereocenters. The number of nitrogens with one attached hydrogen (secondary N) is 2. The lowest BCUT2D eigenvalue weighted by Crippen LogP contribution is -2.51. The van der Waals surface area contributed by atoms with Gasteiger partial charge < -0.3 is 15.7 Å². The highest BCUT2D eigenvalue weighted by Gasteiger charge is 2.50. The van der Waals surface area contributed by atoms with E-state index in [9.17, 15) is 9.90 Å². The molecule has 0 heterocycles. The van der Waals surface area contributed by atoms with Crippen molar-refractivity contribution in [3.8, 4) is 0 Å². The third-order valence-corrected chi connectivity index (χ3v) is 7.50. The number of halogens is 2. The summed E-state index contributed by atoms with van der Waals surface area (Å²) in [5, 5.41) is 17.0. The Morgan fingerprint density at radius 2 is 1.83 bits per heavy atom. The quantitative estimate of drug-likeness (QED) is 0.566. The van der Waals surface area contributed by atoms with Gasteiger partial charge in [0.15, 0.2) is 0 Å². The van der Waals surface area contributed by atoms with E-state index >= 15 is 0 Å². The Bertz CT molecular complexity index is 690. The van der Waals surface area contributed by atoms with Crippen molar-refractivity contribution in [1.82, 2.24) is 10.6 Å². The maximum Gasteiger partial charge on any atom is 0.252 e. The maximum atomic E-state index is 12.9. The first kappa shape index (κ1) is 22.9. The summed E-state index contributed by atoms with van der Waals surface area (Å²) in [5.74, 6) is 2.57. The second kappa shape index (κ2) is 9.55. The number of likely N-dealkylation sites (N-methyl/N-ethyl adjacent to an activating group) is 1. The Labute approximate surface area is 185 Å². The Kier molecular flexibility index (Phi) is 7.53. The molecule has 4 bridgehead atoms. The van der Waals surface area contributed by atoms with Gasteiger partial charge in [-0.2, -0.15) is 0 Å². The van der Waals surface area contributed by atoms with Crippen molar-refractivity contribution in [2.45, 2.75) is 58.0 Å². The molecule has 1 atom stereocenters. The zero-order chi connectivity index (χ0) is 19.7. The van der Waals surface area contributed by atoms with E-state index < -0.39 is 6.10 Å². The third-order valence-electron chi connectivity index (χ3n) is 7.17. The number of hydrogen-bond acceptors (Lipinski definition) is 3. The fraction of sp³-hybridized carbons (Fsp3) is 0.696. The first-order valence-electron chi connectivity index (χ1n) is 10.9. The molecular weight excluding hydrogens is 407 g/mol. The lowest BCUT2D eigenvalue weighted by atomic mass is 9.49. The molecule has 1 amide bonds. The van der Waals surface area contributed by atoms with Crippen LogP contribution in [0.4, 0.5) is 0 Å². The molecule has 6 heteroatoms. The van der Waals surface area contributed by atoms with Crippen LogP contribution in [0.5, 0.6) is 0 Å². The van der Waals surface area contributed by atoms with Crippen molar-refractivity contribution in [1.29, 1.82) is 0 Å². The fourth-order valence-corrected chi connectivity index (χ4v) is 6.60. The van der Waals surface area contributed by atoms with E-state index in [-0.39, 0.29) is 18.3 Å². The number of carbonyl (C=O) groups excluding carboxylic acids is 1. The first-order valence-corrected chi connectivity index (χ1v) is 11.3. The smallest absolute Gasteiger partial charge is 0.252 e. The highest BCUT2D eigenvalue weighted by atomic mass is 35.5. The van der Waals surface area contributed by atoms with Gasteiger partial charge in [0.2, 0.25) is 0 Å². The number of amides is 1. The normalized spacial score (nSPS) is 30.7. The van der Waals surface area contributed by atoms with Crippen LogP contribution in [0, 0.1) is 23.2 Å². The molecule has 29 heavy (non-hydrogen) atoms. The van der Waals surface area contributed by atoms with E-state index in [1.165, 1.54) is 38.5 Å². The lowest BCUT2D eigenvalue weighted by molar-refractivity contribution is -0.0503. The Hall–Kier alpha value is -0.810. The first-order chi connectivity index (χ1) is 13.5. The number of hydrogen-bond donors (Lipinski definition) is 3. The monoisotopic (exact) mass is 440 g/mol. The van der Waals surface area contributed by atoms with Crippen molar-refractivity contribution in [2.24, 2.45) is 23.2 Å². The van der Waals surface area contributed by atoms with Gasteiger partial charge >= 0.3 is 0 Å². The molecule has 0 saturated heterocycles. The summed E-state index contributed by atoms with van der Waals surface area (Å²) in [4.78, 5) is 12.9. The van der Waals surface area contributed by atoms with Crippen LogP contribution in [0.25, 0.3) is 0 Å². The molecule has 0 aliphatic heterocycles. The van der Waals surface area contributed by atoms with Crippen molar-refractivity contribution in [3.05, 3.63) is 34.3 Å². The fourth-order valence-electron chi connectivity index (χ4n) is 6.40. The van der Waals surface area contributed by atoms with Gasteiger partial charge in [0, 0.05) is 13.1 Å². The SMILES string of the molecule is CCNC[C@@H](O)Cc1ccc(Cl)c(C(=O)NCC23CC4CC(CC(C4)C2)C3)c1.Cl. The minimum absolute atomic E-state index is 0. The summed E-state index contributed by atoms with van der Waals surface area (Å²) in [7, 11) is 0. The van der Waals surface area contributed by atoms with Crippen LogP contribution in [-0.4, -0.2) is 36.8 Å². The largest absolute Gasteiger partial charge is 0.391 e. The summed E-state index contributed by atoms with van der Waals surface area (Å²) in [6, 6.07) is 5.51. The number of aliphatic hydroxyl groups is 1. The van der Waals surface area contributed by atoms with E-state index in [0.29, 0.717) is 29.0 Å². The van der Waals surface area contributed by atoms with Gasteiger partial charge in [0.05, 0.1) is 16.7 Å². The summed E-state index contributed by atoms with van der Waals surface area (Å²) in [5.41, 5.74) is 1.78. The number of aliphatic hydroxyl groups excluding tert-OH is 1. The predicted octanol–water partition coefficient (Wildman–Crippen LogP) is 4.22. The standard InChI is InChI=1S/C23H33ClN2O2.ClH/c1-2-25-13-19(27)8-15-3-4-21(24)20(9-15)22(28)26-14-23-10-16-5-17(11-23)7-18(6-16)12-23;/h3-4,9,16-19,25,27H,2,5-8,10-14H2,1H3,(H,26,28);1H/t16?,17?,18?,19-,23?;/m0./s1. The molecule has 1 aromatic carbocycles. The maximum absolute atomic E-state index is 12.9. The highest BCUT2D eigenvalue weighted by molar-refractivity contribution is 6.33. The molecule has 162 valence electrons. The molecule has 0 radical (unpaired) electrons. The molecule has 4 fully saturated rings. The minimum atomic E-state index is -0.468. The van der Waals surface area contributed by atoms with Crippen LogP contribution in [0.3, 0.4) is 0 Å². The van der Waals surface area contributed by atoms with Crippen molar-refractivity contribution in [2.75, 3.05) is 19.6 Å². The van der Waals surface area contributed by atoms with E-state index in [4.69, 9.17) is 11.6 Å². The van der Waals surface area contributed by atoms with Gasteiger partial charge in [0.25, 0.3) is 5.91 Å². The lowest BCUT2D eigenvalue weighted by Gasteiger charge is -2.56. The molecule has 4 aliphatic rings. The van der Waals surface area contributed by atoms with Crippen LogP contribution in [0.2, 0.25) is 5.02 Å². The molecule has 0 spiro atoms. The number of benzene rings is 1. The van der Waals surface area contributed by atoms with Crippen LogP contribution in [0.1, 0.15) is 61.4 Å². The van der Waals surface area contributed by atoms with Gasteiger partial charge in [-0.15, -0.1) is 12.4 Å². The summed E-state index contributed by atoms with van der Waals surface area (Å²) < 4.78 is 0. The van der Waals surface area contributed by atoms with Crippen LogP contribution < -0.4 is 10.6 Å². The summed E-state index contributed by atoms with van der Waals surface area (Å²) >= 11 is 6.33. The van der Waals surface area contributed by atoms with Crippen LogP contribution in [-0.2, 0) is 6.42 Å². The van der Waals surface area contributed by atoms with E-state index in [1.807, 2.05) is 19.1 Å².